The van der Waals surface area contributed by atoms with E-state index < -0.39 is 24.6 Å². The van der Waals surface area contributed by atoms with Gasteiger partial charge in [0.1, 0.15) is 6.61 Å². The molecule has 152 valence electrons. The zero-order valence-electron chi connectivity index (χ0n) is 16.2. The van der Waals surface area contributed by atoms with Crippen molar-refractivity contribution in [2.24, 2.45) is 0 Å². The average molecular weight is 403 g/mol. The molecule has 0 saturated heterocycles. The molecule has 0 bridgehead atoms. The molecular formula is C24H21NO5. The fourth-order valence-electron chi connectivity index (χ4n) is 3.16. The highest BCUT2D eigenvalue weighted by Gasteiger charge is 2.29. The third kappa shape index (κ3) is 4.78. The van der Waals surface area contributed by atoms with E-state index in [1.54, 1.807) is 18.2 Å². The van der Waals surface area contributed by atoms with Crippen molar-refractivity contribution in [3.8, 4) is 11.5 Å². The number of esters is 1. The molecule has 0 saturated carbocycles. The highest BCUT2D eigenvalue weighted by Crippen LogP contribution is 2.31. The molecule has 1 aliphatic heterocycles. The third-order valence-electron chi connectivity index (χ3n) is 4.65. The van der Waals surface area contributed by atoms with Crippen LogP contribution >= 0.6 is 0 Å². The molecule has 0 spiro atoms. The molecule has 1 N–H and O–H groups in total. The van der Waals surface area contributed by atoms with Crippen molar-refractivity contribution in [2.45, 2.75) is 12.5 Å². The summed E-state index contributed by atoms with van der Waals surface area (Å²) in [7, 11) is 0. The van der Waals surface area contributed by atoms with Crippen molar-refractivity contribution in [1.82, 2.24) is 0 Å². The van der Waals surface area contributed by atoms with Gasteiger partial charge in [0.15, 0.2) is 18.1 Å². The second kappa shape index (κ2) is 9.13. The summed E-state index contributed by atoms with van der Waals surface area (Å²) in [5.74, 6) is -0.00230. The monoisotopic (exact) mass is 403 g/mol. The molecule has 0 aromatic heterocycles. The van der Waals surface area contributed by atoms with Crippen LogP contribution in [-0.4, -0.2) is 31.2 Å². The zero-order valence-corrected chi connectivity index (χ0v) is 16.2. The Kier molecular flexibility index (Phi) is 5.94. The third-order valence-corrected chi connectivity index (χ3v) is 4.65. The number of nitrogens with one attached hydrogen (secondary N) is 1. The number of anilines is 1. The molecular weight excluding hydrogens is 382 g/mol. The van der Waals surface area contributed by atoms with Crippen LogP contribution in [0.3, 0.4) is 0 Å². The number of ether oxygens (including phenoxy) is 3. The van der Waals surface area contributed by atoms with E-state index in [0.717, 1.165) is 11.1 Å². The Morgan fingerprint density at radius 1 is 0.900 bits per heavy atom. The van der Waals surface area contributed by atoms with Crippen LogP contribution in [0.2, 0.25) is 0 Å². The Balaban J connectivity index is 1.32. The number of hydrogen-bond donors (Lipinski definition) is 1. The van der Waals surface area contributed by atoms with Crippen molar-refractivity contribution in [3.63, 3.8) is 0 Å². The number of carbonyl (C=O) groups excluding carboxylic acids is 2. The predicted octanol–water partition coefficient (Wildman–Crippen LogP) is 3.60. The molecule has 6 nitrogen and oxygen atoms in total. The zero-order chi connectivity index (χ0) is 20.8. The van der Waals surface area contributed by atoms with Gasteiger partial charge in [0, 0.05) is 5.69 Å². The van der Waals surface area contributed by atoms with Gasteiger partial charge in [-0.1, -0.05) is 60.7 Å². The maximum atomic E-state index is 12.3. The highest BCUT2D eigenvalue weighted by atomic mass is 16.6. The molecule has 1 aliphatic rings. The molecule has 3 aromatic rings. The van der Waals surface area contributed by atoms with Crippen LogP contribution in [0.5, 0.6) is 11.5 Å². The fraction of sp³-hybridized carbons (Fsp3) is 0.167. The van der Waals surface area contributed by atoms with Gasteiger partial charge in [-0.25, -0.2) is 4.79 Å². The molecule has 3 aromatic carbocycles. The van der Waals surface area contributed by atoms with Crippen LogP contribution < -0.4 is 14.8 Å². The molecule has 6 heteroatoms. The Bertz CT molecular complexity index is 1030. The molecule has 0 unspecified atom stereocenters. The summed E-state index contributed by atoms with van der Waals surface area (Å²) < 4.78 is 16.2. The largest absolute Gasteiger partial charge is 0.485 e. The van der Waals surface area contributed by atoms with E-state index in [1.807, 2.05) is 60.7 Å². The van der Waals surface area contributed by atoms with Gasteiger partial charge in [0.05, 0.1) is 0 Å². The van der Waals surface area contributed by atoms with E-state index in [9.17, 15) is 9.59 Å². The summed E-state index contributed by atoms with van der Waals surface area (Å²) in [5, 5.41) is 2.82. The van der Waals surface area contributed by atoms with Crippen LogP contribution in [0.25, 0.3) is 0 Å². The van der Waals surface area contributed by atoms with Crippen molar-refractivity contribution in [1.29, 1.82) is 0 Å². The first-order chi connectivity index (χ1) is 14.7. The van der Waals surface area contributed by atoms with Gasteiger partial charge in [-0.3, -0.25) is 4.79 Å². The van der Waals surface area contributed by atoms with Crippen LogP contribution in [0.4, 0.5) is 5.69 Å². The molecule has 4 rings (SSSR count). The lowest BCUT2D eigenvalue weighted by Gasteiger charge is -2.24. The summed E-state index contributed by atoms with van der Waals surface area (Å²) in [5.41, 5.74) is 2.80. The molecule has 1 atom stereocenters. The summed E-state index contributed by atoms with van der Waals surface area (Å²) >= 11 is 0. The first-order valence-corrected chi connectivity index (χ1v) is 9.66. The lowest BCUT2D eigenvalue weighted by atomic mass is 10.0. The van der Waals surface area contributed by atoms with E-state index in [0.29, 0.717) is 23.6 Å². The van der Waals surface area contributed by atoms with Crippen LogP contribution in [0.15, 0.2) is 78.9 Å². The Hall–Kier alpha value is -3.80. The molecule has 0 radical (unpaired) electrons. The maximum absolute atomic E-state index is 12.3. The number of para-hydroxylation sites is 3. The summed E-state index contributed by atoms with van der Waals surface area (Å²) in [6, 6.07) is 24.6. The summed E-state index contributed by atoms with van der Waals surface area (Å²) in [4.78, 5) is 24.6. The number of carbonyl (C=O) groups is 2. The normalized spacial score (nSPS) is 14.6. The van der Waals surface area contributed by atoms with Gasteiger partial charge < -0.3 is 19.5 Å². The van der Waals surface area contributed by atoms with Gasteiger partial charge in [0.2, 0.25) is 6.10 Å². The number of benzene rings is 3. The van der Waals surface area contributed by atoms with Crippen molar-refractivity contribution in [3.05, 3.63) is 90.0 Å². The Labute approximate surface area is 174 Å². The van der Waals surface area contributed by atoms with Gasteiger partial charge in [0.25, 0.3) is 5.91 Å². The molecule has 0 aliphatic carbocycles. The first kappa shape index (κ1) is 19.5. The average Bonchev–Trinajstić information content (AvgIpc) is 2.79. The molecule has 0 fully saturated rings. The Morgan fingerprint density at radius 2 is 1.60 bits per heavy atom. The summed E-state index contributed by atoms with van der Waals surface area (Å²) in [6.45, 7) is -0.364. The number of amides is 1. The van der Waals surface area contributed by atoms with Crippen LogP contribution in [0, 0.1) is 0 Å². The maximum Gasteiger partial charge on any atom is 0.351 e. The topological polar surface area (TPSA) is 73.9 Å². The van der Waals surface area contributed by atoms with E-state index in [2.05, 4.69) is 5.32 Å². The highest BCUT2D eigenvalue weighted by molar-refractivity contribution is 5.93. The van der Waals surface area contributed by atoms with Gasteiger partial charge in [-0.05, 0) is 35.7 Å². The minimum Gasteiger partial charge on any atom is -0.485 e. The molecule has 1 heterocycles. The second-order valence-electron chi connectivity index (χ2n) is 6.84. The van der Waals surface area contributed by atoms with E-state index in [1.165, 1.54) is 0 Å². The second-order valence-corrected chi connectivity index (χ2v) is 6.84. The van der Waals surface area contributed by atoms with E-state index in [4.69, 9.17) is 14.2 Å². The fourth-order valence-corrected chi connectivity index (χ4v) is 3.16. The molecule has 1 amide bonds. The van der Waals surface area contributed by atoms with Gasteiger partial charge >= 0.3 is 5.97 Å². The first-order valence-electron chi connectivity index (χ1n) is 9.66. The molecule has 30 heavy (non-hydrogen) atoms. The van der Waals surface area contributed by atoms with Crippen LogP contribution in [0.1, 0.15) is 11.1 Å². The van der Waals surface area contributed by atoms with E-state index in [-0.39, 0.29) is 6.61 Å². The Morgan fingerprint density at radius 3 is 2.43 bits per heavy atom. The van der Waals surface area contributed by atoms with Gasteiger partial charge in [-0.15, -0.1) is 0 Å². The summed E-state index contributed by atoms with van der Waals surface area (Å²) in [6.07, 6.45) is -0.220. The van der Waals surface area contributed by atoms with Crippen LogP contribution in [-0.2, 0) is 20.7 Å². The van der Waals surface area contributed by atoms with Gasteiger partial charge in [-0.2, -0.15) is 0 Å². The number of rotatable bonds is 6. The minimum absolute atomic E-state index is 0.0391. The lowest BCUT2D eigenvalue weighted by molar-refractivity contribution is -0.156. The van der Waals surface area contributed by atoms with Crippen molar-refractivity contribution in [2.75, 3.05) is 18.5 Å². The standard InChI is InChI=1S/C24H21NO5/c26-23(16-29-24(27)22-15-28-20-12-6-7-13-21(20)30-22)25-19-11-5-4-10-18(19)14-17-8-2-1-3-9-17/h1-13,22H,14-16H2,(H,25,26)/t22-/m1/s1. The van der Waals surface area contributed by atoms with E-state index >= 15 is 0 Å². The van der Waals surface area contributed by atoms with Crippen molar-refractivity contribution >= 4 is 17.6 Å². The predicted molar refractivity (Wildman–Crippen MR) is 112 cm³/mol. The number of fused-ring (bicyclic) bond motifs is 1. The SMILES string of the molecule is O=C(COC(=O)[C@H]1COc2ccccc2O1)Nc1ccccc1Cc1ccccc1. The lowest BCUT2D eigenvalue weighted by Crippen LogP contribution is -2.39. The quantitative estimate of drug-likeness (QED) is 0.637. The smallest absolute Gasteiger partial charge is 0.351 e. The number of hydrogen-bond acceptors (Lipinski definition) is 5. The van der Waals surface area contributed by atoms with Crippen molar-refractivity contribution < 1.29 is 23.8 Å². The minimum atomic E-state index is -0.905.